The Balaban J connectivity index is 2.23. The van der Waals surface area contributed by atoms with Crippen molar-refractivity contribution in [3.63, 3.8) is 0 Å². The highest BCUT2D eigenvalue weighted by Gasteiger charge is 2.31. The van der Waals surface area contributed by atoms with Gasteiger partial charge < -0.3 is 4.74 Å². The number of nitrogens with zero attached hydrogens (tertiary/aromatic N) is 1. The molecule has 0 unspecified atom stereocenters. The first kappa shape index (κ1) is 18.0. The van der Waals surface area contributed by atoms with E-state index in [0.717, 1.165) is 22.3 Å². The number of benzene rings is 2. The van der Waals surface area contributed by atoms with Crippen molar-refractivity contribution >= 4 is 17.0 Å². The second-order valence-corrected chi connectivity index (χ2v) is 6.99. The Bertz CT molecular complexity index is 951. The molecule has 6 heteroatoms. The van der Waals surface area contributed by atoms with Gasteiger partial charge in [0.1, 0.15) is 5.60 Å². The molecule has 0 amide bonds. The Morgan fingerprint density at radius 3 is 2.23 bits per heavy atom. The SMILES string of the molecule is CC(C)(C)OC(=O)n1cc(-c2ccccc2)c2ccc(C(F)(F)F)cc21. The van der Waals surface area contributed by atoms with Crippen LogP contribution in [0.2, 0.25) is 0 Å². The molecule has 0 aliphatic carbocycles. The zero-order valence-corrected chi connectivity index (χ0v) is 14.6. The van der Waals surface area contributed by atoms with Gasteiger partial charge in [0.15, 0.2) is 0 Å². The zero-order chi connectivity index (χ0) is 19.1. The lowest BCUT2D eigenvalue weighted by molar-refractivity contribution is -0.137. The van der Waals surface area contributed by atoms with Gasteiger partial charge in [0.2, 0.25) is 0 Å². The van der Waals surface area contributed by atoms with E-state index in [-0.39, 0.29) is 5.52 Å². The molecule has 0 bridgehead atoms. The second-order valence-electron chi connectivity index (χ2n) is 6.99. The first-order valence-corrected chi connectivity index (χ1v) is 8.07. The Labute approximate surface area is 149 Å². The molecule has 0 N–H and O–H groups in total. The van der Waals surface area contributed by atoms with Crippen molar-refractivity contribution in [2.75, 3.05) is 0 Å². The molecule has 2 aromatic carbocycles. The quantitative estimate of drug-likeness (QED) is 0.524. The number of halogens is 3. The topological polar surface area (TPSA) is 31.2 Å². The Kier molecular flexibility index (Phi) is 4.30. The van der Waals surface area contributed by atoms with E-state index >= 15 is 0 Å². The average Bonchev–Trinajstić information content (AvgIpc) is 2.92. The molecule has 3 aromatic rings. The number of rotatable bonds is 1. The minimum absolute atomic E-state index is 0.160. The fourth-order valence-electron chi connectivity index (χ4n) is 2.71. The summed E-state index contributed by atoms with van der Waals surface area (Å²) in [6.45, 7) is 5.11. The van der Waals surface area contributed by atoms with Gasteiger partial charge in [-0.15, -0.1) is 0 Å². The number of alkyl halides is 3. The van der Waals surface area contributed by atoms with E-state index in [2.05, 4.69) is 0 Å². The van der Waals surface area contributed by atoms with Crippen LogP contribution in [-0.4, -0.2) is 16.3 Å². The van der Waals surface area contributed by atoms with Crippen LogP contribution in [0.25, 0.3) is 22.0 Å². The highest BCUT2D eigenvalue weighted by atomic mass is 19.4. The van der Waals surface area contributed by atoms with Crippen molar-refractivity contribution < 1.29 is 22.7 Å². The van der Waals surface area contributed by atoms with Gasteiger partial charge in [-0.25, -0.2) is 4.79 Å². The molecule has 0 fully saturated rings. The second kappa shape index (κ2) is 6.20. The molecule has 0 radical (unpaired) electrons. The van der Waals surface area contributed by atoms with Crippen LogP contribution in [0.5, 0.6) is 0 Å². The van der Waals surface area contributed by atoms with Gasteiger partial charge in [0, 0.05) is 17.1 Å². The van der Waals surface area contributed by atoms with Crippen LogP contribution in [0.4, 0.5) is 18.0 Å². The molecule has 3 rings (SSSR count). The van der Waals surface area contributed by atoms with Crippen molar-refractivity contribution in [3.05, 3.63) is 60.3 Å². The van der Waals surface area contributed by atoms with Crippen LogP contribution in [0, 0.1) is 0 Å². The maximum Gasteiger partial charge on any atom is 0.419 e. The van der Waals surface area contributed by atoms with E-state index in [9.17, 15) is 18.0 Å². The molecule has 0 aliphatic heterocycles. The van der Waals surface area contributed by atoms with E-state index in [1.54, 1.807) is 20.8 Å². The summed E-state index contributed by atoms with van der Waals surface area (Å²) < 4.78 is 45.9. The smallest absolute Gasteiger partial charge is 0.419 e. The van der Waals surface area contributed by atoms with Gasteiger partial charge in [0.25, 0.3) is 0 Å². The van der Waals surface area contributed by atoms with Gasteiger partial charge in [-0.2, -0.15) is 13.2 Å². The van der Waals surface area contributed by atoms with Gasteiger partial charge in [-0.3, -0.25) is 4.57 Å². The van der Waals surface area contributed by atoms with Crippen LogP contribution < -0.4 is 0 Å². The number of ether oxygens (including phenoxy) is 1. The summed E-state index contributed by atoms with van der Waals surface area (Å²) in [5.74, 6) is 0. The van der Waals surface area contributed by atoms with E-state index in [1.807, 2.05) is 30.3 Å². The summed E-state index contributed by atoms with van der Waals surface area (Å²) in [4.78, 5) is 12.5. The molecule has 0 saturated heterocycles. The summed E-state index contributed by atoms with van der Waals surface area (Å²) >= 11 is 0. The Hall–Kier alpha value is -2.76. The van der Waals surface area contributed by atoms with Gasteiger partial charge >= 0.3 is 12.3 Å². The van der Waals surface area contributed by atoms with Crippen LogP contribution in [-0.2, 0) is 10.9 Å². The average molecular weight is 361 g/mol. The molecule has 0 aliphatic rings. The number of carbonyl (C=O) groups excluding carboxylic acids is 1. The molecule has 3 nitrogen and oxygen atoms in total. The third kappa shape index (κ3) is 3.59. The molecule has 1 aromatic heterocycles. The summed E-state index contributed by atoms with van der Waals surface area (Å²) in [6.07, 6.45) is -3.69. The van der Waals surface area contributed by atoms with Gasteiger partial charge in [-0.05, 0) is 38.5 Å². The number of aromatic nitrogens is 1. The summed E-state index contributed by atoms with van der Waals surface area (Å²) in [6, 6.07) is 12.6. The molecular formula is C20H18F3NO2. The number of fused-ring (bicyclic) bond motifs is 1. The van der Waals surface area contributed by atoms with Crippen LogP contribution in [0.15, 0.2) is 54.7 Å². The minimum Gasteiger partial charge on any atom is -0.443 e. The van der Waals surface area contributed by atoms with E-state index in [1.165, 1.54) is 12.3 Å². The highest BCUT2D eigenvalue weighted by Crippen LogP contribution is 2.36. The van der Waals surface area contributed by atoms with Crippen LogP contribution in [0.3, 0.4) is 0 Å². The third-order valence-corrected chi connectivity index (χ3v) is 3.81. The normalized spacial score (nSPS) is 12.4. The van der Waals surface area contributed by atoms with Crippen LogP contribution in [0.1, 0.15) is 26.3 Å². The largest absolute Gasteiger partial charge is 0.443 e. The Morgan fingerprint density at radius 1 is 1.00 bits per heavy atom. The summed E-state index contributed by atoms with van der Waals surface area (Å²) in [7, 11) is 0. The molecule has 0 atom stereocenters. The lowest BCUT2D eigenvalue weighted by Gasteiger charge is -2.20. The first-order chi connectivity index (χ1) is 12.1. The molecular weight excluding hydrogens is 343 g/mol. The third-order valence-electron chi connectivity index (χ3n) is 3.81. The Morgan fingerprint density at radius 2 is 1.65 bits per heavy atom. The van der Waals surface area contributed by atoms with E-state index in [0.29, 0.717) is 10.9 Å². The van der Waals surface area contributed by atoms with E-state index in [4.69, 9.17) is 4.74 Å². The molecule has 1 heterocycles. The number of hydrogen-bond acceptors (Lipinski definition) is 2. The van der Waals surface area contributed by atoms with Gasteiger partial charge in [0.05, 0.1) is 11.1 Å². The van der Waals surface area contributed by atoms with Crippen LogP contribution >= 0.6 is 0 Å². The lowest BCUT2D eigenvalue weighted by Crippen LogP contribution is -2.26. The van der Waals surface area contributed by atoms with Crippen molar-refractivity contribution in [2.45, 2.75) is 32.5 Å². The fraction of sp³-hybridized carbons (Fsp3) is 0.250. The zero-order valence-electron chi connectivity index (χ0n) is 14.6. The fourth-order valence-corrected chi connectivity index (χ4v) is 2.71. The predicted molar refractivity (Wildman–Crippen MR) is 94.0 cm³/mol. The lowest BCUT2D eigenvalue weighted by atomic mass is 10.0. The van der Waals surface area contributed by atoms with Crippen molar-refractivity contribution in [1.29, 1.82) is 0 Å². The molecule has 0 spiro atoms. The maximum absolute atomic E-state index is 13.1. The van der Waals surface area contributed by atoms with Crippen molar-refractivity contribution in [1.82, 2.24) is 4.57 Å². The maximum atomic E-state index is 13.1. The molecule has 136 valence electrons. The molecule has 0 saturated carbocycles. The van der Waals surface area contributed by atoms with Crippen molar-refractivity contribution in [2.24, 2.45) is 0 Å². The van der Waals surface area contributed by atoms with Gasteiger partial charge in [-0.1, -0.05) is 36.4 Å². The molecule has 26 heavy (non-hydrogen) atoms. The summed E-state index contributed by atoms with van der Waals surface area (Å²) in [5.41, 5.74) is 0.0579. The predicted octanol–water partition coefficient (Wildman–Crippen LogP) is 6.11. The standard InChI is InChI=1S/C20H18F3NO2/c1-19(2,3)26-18(25)24-12-16(13-7-5-4-6-8-13)15-10-9-14(11-17(15)24)20(21,22)23/h4-12H,1-3H3. The monoisotopic (exact) mass is 361 g/mol. The first-order valence-electron chi connectivity index (χ1n) is 8.07. The highest BCUT2D eigenvalue weighted by molar-refractivity contribution is 6.00. The number of carbonyl (C=O) groups is 1. The number of hydrogen-bond donors (Lipinski definition) is 0. The summed E-state index contributed by atoms with van der Waals surface area (Å²) in [5, 5.41) is 0.551. The minimum atomic E-state index is -4.50. The van der Waals surface area contributed by atoms with Crippen molar-refractivity contribution in [3.8, 4) is 11.1 Å². The van der Waals surface area contributed by atoms with E-state index < -0.39 is 23.4 Å².